The number of carboxylic acid groups (broad SMARTS) is 1. The number of aryl methyl sites for hydroxylation is 1. The third-order valence-electron chi connectivity index (χ3n) is 5.86. The molecule has 186 valence electrons. The quantitative estimate of drug-likeness (QED) is 0.169. The first-order valence-electron chi connectivity index (χ1n) is 11.8. The number of fused-ring (bicyclic) bond motifs is 1. The molecule has 4 rings (SSSR count). The van der Waals surface area contributed by atoms with Crippen LogP contribution in [0.2, 0.25) is 0 Å². The number of nitrogens with zero attached hydrogens (tertiary/aromatic N) is 1. The van der Waals surface area contributed by atoms with Crippen molar-refractivity contribution >= 4 is 39.0 Å². The van der Waals surface area contributed by atoms with Crippen LogP contribution in [0.3, 0.4) is 0 Å². The summed E-state index contributed by atoms with van der Waals surface area (Å²) in [6, 6.07) is 15.2. The normalized spacial score (nSPS) is 11.5. The molecule has 2 heterocycles. The van der Waals surface area contributed by atoms with Crippen molar-refractivity contribution in [3.63, 3.8) is 0 Å². The first-order chi connectivity index (χ1) is 17.5. The predicted octanol–water partition coefficient (Wildman–Crippen LogP) is 7.46. The molecule has 0 amide bonds. The molecule has 0 spiro atoms. The monoisotopic (exact) mass is 503 g/mol. The minimum atomic E-state index is -1.03. The van der Waals surface area contributed by atoms with Crippen LogP contribution in [0.1, 0.15) is 42.2 Å². The molecular formula is C29H29NO5S. The van der Waals surface area contributed by atoms with Crippen molar-refractivity contribution in [2.24, 2.45) is 0 Å². The number of thiophene rings is 1. The average Bonchev–Trinajstić information content (AvgIpc) is 3.22. The second-order valence-electron chi connectivity index (χ2n) is 8.30. The number of unbranched alkanes of at least 4 members (excludes halogenated alkanes) is 2. The number of aliphatic carboxylic acids is 1. The fraction of sp³-hybridized carbons (Fsp3) is 0.241. The number of benzene rings is 2. The minimum absolute atomic E-state index is 0.154. The lowest BCUT2D eigenvalue weighted by atomic mass is 10.1. The van der Waals surface area contributed by atoms with Gasteiger partial charge in [0.1, 0.15) is 5.75 Å². The summed E-state index contributed by atoms with van der Waals surface area (Å²) < 4.78 is 18.4. The van der Waals surface area contributed by atoms with E-state index in [0.29, 0.717) is 33.4 Å². The van der Waals surface area contributed by atoms with E-state index in [2.05, 4.69) is 18.0 Å². The Balaban J connectivity index is 1.84. The van der Waals surface area contributed by atoms with Gasteiger partial charge in [0.05, 0.1) is 24.7 Å². The Morgan fingerprint density at radius 3 is 2.47 bits per heavy atom. The van der Waals surface area contributed by atoms with Crippen molar-refractivity contribution in [1.82, 2.24) is 4.98 Å². The smallest absolute Gasteiger partial charge is 0.336 e. The third-order valence-corrected chi connectivity index (χ3v) is 6.94. The van der Waals surface area contributed by atoms with E-state index in [0.717, 1.165) is 22.9 Å². The molecule has 36 heavy (non-hydrogen) atoms. The summed E-state index contributed by atoms with van der Waals surface area (Å²) in [5, 5.41) is 10.8. The summed E-state index contributed by atoms with van der Waals surface area (Å²) in [4.78, 5) is 16.9. The molecule has 0 radical (unpaired) electrons. The van der Waals surface area contributed by atoms with E-state index in [4.69, 9.17) is 14.2 Å². The molecule has 7 heteroatoms. The van der Waals surface area contributed by atoms with Gasteiger partial charge >= 0.3 is 5.97 Å². The predicted molar refractivity (Wildman–Crippen MR) is 144 cm³/mol. The Hall–Kier alpha value is -3.84. The van der Waals surface area contributed by atoms with E-state index in [-0.39, 0.29) is 5.57 Å². The maximum atomic E-state index is 12.2. The zero-order chi connectivity index (χ0) is 25.5. The van der Waals surface area contributed by atoms with E-state index >= 15 is 0 Å². The minimum Gasteiger partial charge on any atom is -0.493 e. The van der Waals surface area contributed by atoms with Crippen molar-refractivity contribution in [2.75, 3.05) is 14.2 Å². The van der Waals surface area contributed by atoms with Crippen molar-refractivity contribution in [2.45, 2.75) is 32.6 Å². The standard InChI is InChI=1S/C29H29NO5S/c1-4-5-6-8-19-9-7-10-21(15-19)35-28-23-16-24(33-2)25(34-3)18-26(23)36-27(28)17-22(29(31)32)20-11-13-30-14-12-20/h7,9-18H,4-6,8H2,1-3H3,(H,31,32)/b22-17+. The van der Waals surface area contributed by atoms with Gasteiger partial charge in [-0.1, -0.05) is 31.9 Å². The lowest BCUT2D eigenvalue weighted by Crippen LogP contribution is -1.99. The van der Waals surface area contributed by atoms with E-state index in [9.17, 15) is 9.90 Å². The summed E-state index contributed by atoms with van der Waals surface area (Å²) >= 11 is 1.44. The molecule has 6 nitrogen and oxygen atoms in total. The van der Waals surface area contributed by atoms with Gasteiger partial charge in [-0.15, -0.1) is 11.3 Å². The van der Waals surface area contributed by atoms with Crippen LogP contribution in [0.15, 0.2) is 60.9 Å². The summed E-state index contributed by atoms with van der Waals surface area (Å²) in [6.07, 6.45) is 9.27. The van der Waals surface area contributed by atoms with Crippen molar-refractivity contribution < 1.29 is 24.1 Å². The van der Waals surface area contributed by atoms with E-state index in [1.807, 2.05) is 30.3 Å². The molecule has 0 aliphatic rings. The highest BCUT2D eigenvalue weighted by Gasteiger charge is 2.20. The molecule has 0 bridgehead atoms. The fourth-order valence-corrected chi connectivity index (χ4v) is 5.10. The first kappa shape index (κ1) is 25.3. The molecule has 2 aromatic carbocycles. The van der Waals surface area contributed by atoms with Crippen LogP contribution >= 0.6 is 11.3 Å². The van der Waals surface area contributed by atoms with Gasteiger partial charge < -0.3 is 19.3 Å². The molecule has 0 aliphatic heterocycles. The highest BCUT2D eigenvalue weighted by molar-refractivity contribution is 7.20. The van der Waals surface area contributed by atoms with E-state index in [1.54, 1.807) is 44.8 Å². The van der Waals surface area contributed by atoms with Gasteiger partial charge in [-0.25, -0.2) is 4.79 Å². The van der Waals surface area contributed by atoms with Crippen LogP contribution in [-0.4, -0.2) is 30.3 Å². The maximum Gasteiger partial charge on any atom is 0.336 e. The molecule has 0 saturated heterocycles. The van der Waals surface area contributed by atoms with Crippen LogP contribution in [-0.2, 0) is 11.2 Å². The third kappa shape index (κ3) is 5.69. The first-order valence-corrected chi connectivity index (χ1v) is 12.7. The summed E-state index contributed by atoms with van der Waals surface area (Å²) in [7, 11) is 3.18. The molecule has 2 aromatic heterocycles. The number of ether oxygens (including phenoxy) is 3. The number of carboxylic acids is 1. The Labute approximate surface area is 214 Å². The number of methoxy groups -OCH3 is 2. The van der Waals surface area contributed by atoms with Crippen molar-refractivity contribution in [3.05, 3.63) is 76.9 Å². The summed E-state index contributed by atoms with van der Waals surface area (Å²) in [6.45, 7) is 2.19. The van der Waals surface area contributed by atoms with Gasteiger partial charge in [-0.05, 0) is 60.4 Å². The highest BCUT2D eigenvalue weighted by atomic mass is 32.1. The fourth-order valence-electron chi connectivity index (χ4n) is 4.01. The Bertz CT molecular complexity index is 1380. The van der Waals surface area contributed by atoms with Crippen LogP contribution in [0.25, 0.3) is 21.7 Å². The Morgan fingerprint density at radius 1 is 1.03 bits per heavy atom. The zero-order valence-corrected chi connectivity index (χ0v) is 21.4. The molecule has 0 atom stereocenters. The maximum absolute atomic E-state index is 12.2. The van der Waals surface area contributed by atoms with Crippen LogP contribution in [0, 0.1) is 0 Å². The lowest BCUT2D eigenvalue weighted by molar-refractivity contribution is -0.130. The van der Waals surface area contributed by atoms with Gasteiger partial charge in [0.2, 0.25) is 0 Å². The average molecular weight is 504 g/mol. The molecular weight excluding hydrogens is 474 g/mol. The van der Waals surface area contributed by atoms with Gasteiger partial charge in [0.25, 0.3) is 0 Å². The molecule has 1 N–H and O–H groups in total. The molecule has 0 fully saturated rings. The van der Waals surface area contributed by atoms with Gasteiger partial charge in [-0.3, -0.25) is 4.98 Å². The molecule has 4 aromatic rings. The number of hydrogen-bond donors (Lipinski definition) is 1. The number of pyridine rings is 1. The number of hydrogen-bond acceptors (Lipinski definition) is 6. The number of carbonyl (C=O) groups is 1. The van der Waals surface area contributed by atoms with Gasteiger partial charge in [0, 0.05) is 28.5 Å². The molecule has 0 saturated carbocycles. The second kappa shape index (κ2) is 11.7. The van der Waals surface area contributed by atoms with E-state index in [1.165, 1.54) is 29.7 Å². The number of aromatic nitrogens is 1. The Kier molecular flexibility index (Phi) is 8.23. The van der Waals surface area contributed by atoms with Gasteiger partial charge in [-0.2, -0.15) is 0 Å². The molecule has 0 aliphatic carbocycles. The largest absolute Gasteiger partial charge is 0.493 e. The highest BCUT2D eigenvalue weighted by Crippen LogP contribution is 2.46. The Morgan fingerprint density at radius 2 is 1.78 bits per heavy atom. The SMILES string of the molecule is CCCCCc1cccc(Oc2c(/C=C(/C(=O)O)c3ccncc3)sc3cc(OC)c(OC)cc23)c1. The molecule has 0 unspecified atom stereocenters. The van der Waals surface area contributed by atoms with Crippen molar-refractivity contribution in [3.8, 4) is 23.0 Å². The van der Waals surface area contributed by atoms with Crippen LogP contribution in [0.5, 0.6) is 23.0 Å². The zero-order valence-electron chi connectivity index (χ0n) is 20.6. The summed E-state index contributed by atoms with van der Waals surface area (Å²) in [5.74, 6) is 1.42. The topological polar surface area (TPSA) is 77.9 Å². The van der Waals surface area contributed by atoms with Crippen LogP contribution in [0.4, 0.5) is 0 Å². The van der Waals surface area contributed by atoms with Gasteiger partial charge in [0.15, 0.2) is 17.2 Å². The van der Waals surface area contributed by atoms with Crippen molar-refractivity contribution in [1.29, 1.82) is 0 Å². The second-order valence-corrected chi connectivity index (χ2v) is 9.39. The summed E-state index contributed by atoms with van der Waals surface area (Å²) in [5.41, 5.74) is 1.93. The number of rotatable bonds is 11. The van der Waals surface area contributed by atoms with Crippen LogP contribution < -0.4 is 14.2 Å². The lowest BCUT2D eigenvalue weighted by Gasteiger charge is -2.11. The van der Waals surface area contributed by atoms with E-state index < -0.39 is 5.97 Å².